The minimum absolute atomic E-state index is 0.381. The molecule has 0 saturated carbocycles. The second-order valence-electron chi connectivity index (χ2n) is 5.45. The van der Waals surface area contributed by atoms with Gasteiger partial charge in [-0.05, 0) is 42.9 Å². The predicted molar refractivity (Wildman–Crippen MR) is 89.1 cm³/mol. The summed E-state index contributed by atoms with van der Waals surface area (Å²) >= 11 is 1.82. The van der Waals surface area contributed by atoms with E-state index in [9.17, 15) is 0 Å². The van der Waals surface area contributed by atoms with E-state index < -0.39 is 0 Å². The molecule has 0 saturated heterocycles. The summed E-state index contributed by atoms with van der Waals surface area (Å²) in [4.78, 5) is 4.74. The van der Waals surface area contributed by atoms with Gasteiger partial charge >= 0.3 is 0 Å². The molecule has 1 heterocycles. The first kappa shape index (κ1) is 15.2. The van der Waals surface area contributed by atoms with Crippen LogP contribution in [-0.4, -0.2) is 24.6 Å². The highest BCUT2D eigenvalue weighted by Gasteiger charge is 2.30. The van der Waals surface area contributed by atoms with Crippen molar-refractivity contribution in [2.24, 2.45) is 10.4 Å². The van der Waals surface area contributed by atoms with E-state index in [-0.39, 0.29) is 0 Å². The van der Waals surface area contributed by atoms with Gasteiger partial charge in [-0.25, -0.2) is 0 Å². The monoisotopic (exact) mass is 292 g/mol. The van der Waals surface area contributed by atoms with Gasteiger partial charge in [0.05, 0.1) is 12.8 Å². The number of aliphatic imine (C=N–C) groups is 1. The summed E-state index contributed by atoms with van der Waals surface area (Å²) in [5.74, 6) is 2.00. The van der Waals surface area contributed by atoms with Crippen LogP contribution in [0.4, 0.5) is 5.69 Å². The van der Waals surface area contributed by atoms with Crippen LogP contribution in [0.2, 0.25) is 0 Å². The molecule has 0 unspecified atom stereocenters. The molecule has 0 amide bonds. The lowest BCUT2D eigenvalue weighted by Gasteiger charge is -2.33. The number of aryl methyl sites for hydroxylation is 1. The average Bonchev–Trinajstić information content (AvgIpc) is 2.49. The first-order valence-electron chi connectivity index (χ1n) is 7.21. The number of nitrogens with zero attached hydrogens (tertiary/aromatic N) is 1. The molecule has 1 aliphatic rings. The highest BCUT2D eigenvalue weighted by atomic mass is 32.2. The molecular formula is C16H24N2OS. The maximum Gasteiger partial charge on any atom is 0.161 e. The summed E-state index contributed by atoms with van der Waals surface area (Å²) < 4.78 is 5.40. The van der Waals surface area contributed by atoms with Gasteiger partial charge in [0.25, 0.3) is 0 Å². The van der Waals surface area contributed by atoms with Gasteiger partial charge in [0, 0.05) is 12.3 Å². The Morgan fingerprint density at radius 2 is 2.10 bits per heavy atom. The molecule has 0 atom stereocenters. The van der Waals surface area contributed by atoms with Gasteiger partial charge < -0.3 is 10.1 Å². The molecule has 0 aromatic heterocycles. The number of nitrogens with one attached hydrogen (secondary N) is 1. The van der Waals surface area contributed by atoms with E-state index in [1.54, 1.807) is 7.11 Å². The molecule has 0 radical (unpaired) electrons. The first-order chi connectivity index (χ1) is 9.62. The Kier molecular flexibility index (Phi) is 4.97. The lowest BCUT2D eigenvalue weighted by molar-refractivity contribution is 0.318. The van der Waals surface area contributed by atoms with Crippen LogP contribution in [0.3, 0.4) is 0 Å². The van der Waals surface area contributed by atoms with Crippen molar-refractivity contribution in [1.29, 1.82) is 0 Å². The van der Waals surface area contributed by atoms with Crippen molar-refractivity contribution in [3.63, 3.8) is 0 Å². The van der Waals surface area contributed by atoms with Crippen LogP contribution in [0.5, 0.6) is 5.75 Å². The van der Waals surface area contributed by atoms with Crippen molar-refractivity contribution in [3.05, 3.63) is 23.8 Å². The summed E-state index contributed by atoms with van der Waals surface area (Å²) in [6, 6.07) is 6.15. The van der Waals surface area contributed by atoms with Crippen molar-refractivity contribution in [1.82, 2.24) is 0 Å². The van der Waals surface area contributed by atoms with E-state index in [0.717, 1.165) is 28.9 Å². The first-order valence-corrected chi connectivity index (χ1v) is 8.20. The Labute approximate surface area is 126 Å². The molecule has 1 aliphatic heterocycles. The Hall–Kier alpha value is -1.16. The van der Waals surface area contributed by atoms with Crippen LogP contribution in [-0.2, 0) is 0 Å². The number of methoxy groups -OCH3 is 1. The van der Waals surface area contributed by atoms with Gasteiger partial charge in [-0.15, -0.1) is 0 Å². The maximum absolute atomic E-state index is 5.40. The molecular weight excluding hydrogens is 268 g/mol. The molecule has 4 heteroatoms. The van der Waals surface area contributed by atoms with Crippen molar-refractivity contribution < 1.29 is 4.74 Å². The third-order valence-electron chi connectivity index (χ3n) is 4.17. The summed E-state index contributed by atoms with van der Waals surface area (Å²) in [7, 11) is 1.70. The molecule has 2 rings (SSSR count). The molecule has 0 bridgehead atoms. The van der Waals surface area contributed by atoms with Gasteiger partial charge in [-0.2, -0.15) is 0 Å². The van der Waals surface area contributed by atoms with Crippen molar-refractivity contribution in [3.8, 4) is 5.75 Å². The zero-order valence-electron chi connectivity index (χ0n) is 12.8. The van der Waals surface area contributed by atoms with Crippen LogP contribution >= 0.6 is 11.8 Å². The van der Waals surface area contributed by atoms with Crippen LogP contribution in [0.25, 0.3) is 0 Å². The average molecular weight is 292 g/mol. The summed E-state index contributed by atoms with van der Waals surface area (Å²) in [6.07, 6.45) is 2.39. The van der Waals surface area contributed by atoms with Gasteiger partial charge in [0.2, 0.25) is 0 Å². The number of benzene rings is 1. The Balaban J connectivity index is 2.12. The van der Waals surface area contributed by atoms with Crippen molar-refractivity contribution in [2.75, 3.05) is 24.7 Å². The topological polar surface area (TPSA) is 33.6 Å². The van der Waals surface area contributed by atoms with Crippen LogP contribution in [0.1, 0.15) is 32.3 Å². The minimum Gasteiger partial charge on any atom is -0.495 e. The van der Waals surface area contributed by atoms with Gasteiger partial charge in [0.15, 0.2) is 5.17 Å². The molecule has 3 nitrogen and oxygen atoms in total. The fourth-order valence-corrected chi connectivity index (χ4v) is 3.62. The lowest BCUT2D eigenvalue weighted by atomic mass is 9.84. The van der Waals surface area contributed by atoms with E-state index in [2.05, 4.69) is 38.2 Å². The highest BCUT2D eigenvalue weighted by Crippen LogP contribution is 2.36. The largest absolute Gasteiger partial charge is 0.495 e. The summed E-state index contributed by atoms with van der Waals surface area (Å²) in [6.45, 7) is 7.53. The quantitative estimate of drug-likeness (QED) is 0.897. The minimum atomic E-state index is 0.381. The number of amidine groups is 1. The van der Waals surface area contributed by atoms with E-state index in [1.165, 1.54) is 18.4 Å². The lowest BCUT2D eigenvalue weighted by Crippen LogP contribution is -2.32. The van der Waals surface area contributed by atoms with Crippen molar-refractivity contribution >= 4 is 22.6 Å². The SMILES string of the molecule is CCC1(CC)CN=C(Nc2cc(C)ccc2OC)SC1. The number of ether oxygens (including phenoxy) is 1. The summed E-state index contributed by atoms with van der Waals surface area (Å²) in [5, 5.41) is 4.42. The van der Waals surface area contributed by atoms with E-state index in [4.69, 9.17) is 9.73 Å². The van der Waals surface area contributed by atoms with Crippen molar-refractivity contribution in [2.45, 2.75) is 33.6 Å². The summed E-state index contributed by atoms with van der Waals surface area (Å²) in [5.41, 5.74) is 2.59. The standard InChI is InChI=1S/C16H24N2OS/c1-5-16(6-2)10-17-15(20-11-16)18-13-9-12(3)7-8-14(13)19-4/h7-9H,5-6,10-11H2,1-4H3,(H,17,18). The number of thioether (sulfide) groups is 1. The number of hydrogen-bond acceptors (Lipinski definition) is 4. The normalized spacial score (nSPS) is 17.5. The Morgan fingerprint density at radius 1 is 1.35 bits per heavy atom. The van der Waals surface area contributed by atoms with Crippen LogP contribution < -0.4 is 10.1 Å². The highest BCUT2D eigenvalue weighted by molar-refractivity contribution is 8.14. The smallest absolute Gasteiger partial charge is 0.161 e. The fourth-order valence-electron chi connectivity index (χ4n) is 2.34. The predicted octanol–water partition coefficient (Wildman–Crippen LogP) is 4.32. The second-order valence-corrected chi connectivity index (χ2v) is 6.41. The van der Waals surface area contributed by atoms with E-state index >= 15 is 0 Å². The number of anilines is 1. The van der Waals surface area contributed by atoms with Gasteiger partial charge in [-0.1, -0.05) is 31.7 Å². The molecule has 110 valence electrons. The molecule has 1 aromatic carbocycles. The number of hydrogen-bond donors (Lipinski definition) is 1. The molecule has 1 aromatic rings. The molecule has 1 N–H and O–H groups in total. The second kappa shape index (κ2) is 6.53. The Bertz CT molecular complexity index is 495. The van der Waals surface area contributed by atoms with E-state index in [0.29, 0.717) is 5.41 Å². The van der Waals surface area contributed by atoms with Crippen LogP contribution in [0.15, 0.2) is 23.2 Å². The number of rotatable bonds is 4. The van der Waals surface area contributed by atoms with Gasteiger partial charge in [-0.3, -0.25) is 4.99 Å². The molecule has 0 aliphatic carbocycles. The molecule has 20 heavy (non-hydrogen) atoms. The molecule has 0 spiro atoms. The zero-order valence-corrected chi connectivity index (χ0v) is 13.6. The van der Waals surface area contributed by atoms with Gasteiger partial charge in [0.1, 0.15) is 5.75 Å². The fraction of sp³-hybridized carbons (Fsp3) is 0.562. The van der Waals surface area contributed by atoms with Crippen LogP contribution in [0, 0.1) is 12.3 Å². The maximum atomic E-state index is 5.40. The third kappa shape index (κ3) is 3.29. The Morgan fingerprint density at radius 3 is 2.65 bits per heavy atom. The molecule has 0 fully saturated rings. The third-order valence-corrected chi connectivity index (χ3v) is 5.43. The van der Waals surface area contributed by atoms with E-state index in [1.807, 2.05) is 17.8 Å². The zero-order chi connectivity index (χ0) is 14.6.